The van der Waals surface area contributed by atoms with Gasteiger partial charge < -0.3 is 10.1 Å². The van der Waals surface area contributed by atoms with Gasteiger partial charge in [0.1, 0.15) is 6.54 Å². The van der Waals surface area contributed by atoms with Gasteiger partial charge in [-0.3, -0.25) is 23.9 Å². The van der Waals surface area contributed by atoms with Crippen molar-refractivity contribution in [3.8, 4) is 0 Å². The van der Waals surface area contributed by atoms with Gasteiger partial charge in [-0.05, 0) is 31.5 Å². The molecule has 1 atom stereocenters. The van der Waals surface area contributed by atoms with Gasteiger partial charge >= 0.3 is 11.7 Å². The summed E-state index contributed by atoms with van der Waals surface area (Å²) in [5, 5.41) is 3.12. The Morgan fingerprint density at radius 3 is 2.72 bits per heavy atom. The van der Waals surface area contributed by atoms with Crippen molar-refractivity contribution in [3.05, 3.63) is 61.9 Å². The average Bonchev–Trinajstić information content (AvgIpc) is 2.54. The summed E-state index contributed by atoms with van der Waals surface area (Å²) in [6.45, 7) is 2.73. The van der Waals surface area contributed by atoms with E-state index in [0.29, 0.717) is 16.3 Å². The molecule has 1 aromatic carbocycles. The molecule has 9 heteroatoms. The molecule has 1 amide bonds. The number of hydrogen-bond acceptors (Lipinski definition) is 5. The number of H-pyrrole nitrogens is 1. The van der Waals surface area contributed by atoms with Crippen molar-refractivity contribution in [2.45, 2.75) is 26.5 Å². The fourth-order valence-corrected chi connectivity index (χ4v) is 2.15. The Labute approximate surface area is 147 Å². The molecule has 2 N–H and O–H groups in total. The Balaban J connectivity index is 1.98. The number of aromatic nitrogens is 2. The van der Waals surface area contributed by atoms with Crippen LogP contribution in [0.25, 0.3) is 0 Å². The van der Waals surface area contributed by atoms with Crippen LogP contribution < -0.4 is 16.6 Å². The lowest BCUT2D eigenvalue weighted by Crippen LogP contribution is -2.35. The van der Waals surface area contributed by atoms with Crippen LogP contribution in [-0.4, -0.2) is 27.5 Å². The van der Waals surface area contributed by atoms with E-state index in [1.807, 2.05) is 4.98 Å². The Bertz CT molecular complexity index is 918. The highest BCUT2D eigenvalue weighted by Gasteiger charge is 2.19. The topological polar surface area (TPSA) is 110 Å². The second kappa shape index (κ2) is 7.80. The van der Waals surface area contributed by atoms with Crippen LogP contribution in [0.2, 0.25) is 5.02 Å². The zero-order valence-electron chi connectivity index (χ0n) is 13.5. The predicted octanol–water partition coefficient (Wildman–Crippen LogP) is 1.07. The molecule has 0 spiro atoms. The quantitative estimate of drug-likeness (QED) is 0.770. The van der Waals surface area contributed by atoms with Gasteiger partial charge in [-0.25, -0.2) is 4.79 Å². The Hall–Kier alpha value is -2.87. The molecule has 2 aromatic rings. The van der Waals surface area contributed by atoms with Crippen molar-refractivity contribution < 1.29 is 14.3 Å². The summed E-state index contributed by atoms with van der Waals surface area (Å²) in [6, 6.07) is 6.16. The van der Waals surface area contributed by atoms with Gasteiger partial charge in [0.05, 0.1) is 0 Å². The van der Waals surface area contributed by atoms with Crippen LogP contribution in [0.5, 0.6) is 0 Å². The van der Waals surface area contributed by atoms with Crippen LogP contribution in [0.4, 0.5) is 5.69 Å². The number of nitrogens with zero attached hydrogens (tertiary/aromatic N) is 1. The Kier molecular flexibility index (Phi) is 5.76. The highest BCUT2D eigenvalue weighted by atomic mass is 35.5. The number of esters is 1. The molecule has 0 saturated heterocycles. The van der Waals surface area contributed by atoms with Crippen LogP contribution in [0.1, 0.15) is 12.5 Å². The van der Waals surface area contributed by atoms with E-state index in [-0.39, 0.29) is 0 Å². The molecular formula is C16H16ClN3O5. The van der Waals surface area contributed by atoms with Crippen LogP contribution >= 0.6 is 11.6 Å². The molecule has 0 saturated carbocycles. The summed E-state index contributed by atoms with van der Waals surface area (Å²) in [7, 11) is 0. The summed E-state index contributed by atoms with van der Waals surface area (Å²) >= 11 is 5.98. The lowest BCUT2D eigenvalue weighted by molar-refractivity contribution is -0.153. The zero-order chi connectivity index (χ0) is 18.6. The van der Waals surface area contributed by atoms with E-state index in [2.05, 4.69) is 5.32 Å². The summed E-state index contributed by atoms with van der Waals surface area (Å²) in [6.07, 6.45) is 0.0898. The molecule has 1 aromatic heterocycles. The fraction of sp³-hybridized carbons (Fsp3) is 0.250. The van der Waals surface area contributed by atoms with Crippen LogP contribution in [-0.2, 0) is 20.9 Å². The first-order valence-electron chi connectivity index (χ1n) is 7.33. The Morgan fingerprint density at radius 2 is 2.04 bits per heavy atom. The van der Waals surface area contributed by atoms with Crippen molar-refractivity contribution in [2.24, 2.45) is 0 Å². The molecule has 132 valence electrons. The molecule has 0 radical (unpaired) electrons. The van der Waals surface area contributed by atoms with Crippen LogP contribution in [0, 0.1) is 6.92 Å². The van der Waals surface area contributed by atoms with E-state index in [4.69, 9.17) is 16.3 Å². The zero-order valence-corrected chi connectivity index (χ0v) is 14.3. The number of carbonyl (C=O) groups is 2. The smallest absolute Gasteiger partial charge is 0.328 e. The lowest BCUT2D eigenvalue weighted by atomic mass is 10.2. The number of rotatable bonds is 5. The van der Waals surface area contributed by atoms with Crippen molar-refractivity contribution >= 4 is 29.2 Å². The van der Waals surface area contributed by atoms with Gasteiger partial charge in [-0.15, -0.1) is 0 Å². The molecule has 1 heterocycles. The highest BCUT2D eigenvalue weighted by Crippen LogP contribution is 2.23. The van der Waals surface area contributed by atoms with Crippen LogP contribution in [0.15, 0.2) is 40.1 Å². The maximum Gasteiger partial charge on any atom is 0.328 e. The first-order chi connectivity index (χ1) is 11.8. The summed E-state index contributed by atoms with van der Waals surface area (Å²) < 4.78 is 5.98. The van der Waals surface area contributed by atoms with Gasteiger partial charge in [0.15, 0.2) is 6.10 Å². The highest BCUT2D eigenvalue weighted by molar-refractivity contribution is 6.31. The number of ether oxygens (including phenoxy) is 1. The minimum Gasteiger partial charge on any atom is -0.451 e. The third-order valence-corrected chi connectivity index (χ3v) is 3.81. The number of nitrogens with one attached hydrogen (secondary N) is 2. The van der Waals surface area contributed by atoms with Crippen molar-refractivity contribution in [2.75, 3.05) is 5.32 Å². The van der Waals surface area contributed by atoms with Crippen molar-refractivity contribution in [3.63, 3.8) is 0 Å². The molecule has 0 fully saturated rings. The van der Waals surface area contributed by atoms with E-state index in [1.165, 1.54) is 13.1 Å². The average molecular weight is 366 g/mol. The van der Waals surface area contributed by atoms with Gasteiger partial charge in [0.25, 0.3) is 11.5 Å². The molecule has 0 bridgehead atoms. The molecule has 25 heavy (non-hydrogen) atoms. The molecule has 0 unspecified atom stereocenters. The van der Waals surface area contributed by atoms with Crippen LogP contribution in [0.3, 0.4) is 0 Å². The van der Waals surface area contributed by atoms with Crippen molar-refractivity contribution in [1.29, 1.82) is 0 Å². The maximum atomic E-state index is 12.1. The molecule has 8 nitrogen and oxygen atoms in total. The molecule has 2 rings (SSSR count). The number of carbonyl (C=O) groups excluding carboxylic acids is 2. The molecule has 0 aliphatic carbocycles. The number of aromatic amines is 1. The third-order valence-electron chi connectivity index (χ3n) is 3.40. The van der Waals surface area contributed by atoms with Gasteiger partial charge in [0, 0.05) is 23.0 Å². The first-order valence-corrected chi connectivity index (χ1v) is 7.71. The monoisotopic (exact) mass is 365 g/mol. The van der Waals surface area contributed by atoms with E-state index in [0.717, 1.165) is 10.6 Å². The van der Waals surface area contributed by atoms with E-state index < -0.39 is 35.8 Å². The fourth-order valence-electron chi connectivity index (χ4n) is 1.97. The predicted molar refractivity (Wildman–Crippen MR) is 91.7 cm³/mol. The van der Waals surface area contributed by atoms with Gasteiger partial charge in [-0.1, -0.05) is 17.7 Å². The maximum absolute atomic E-state index is 12.1. The van der Waals surface area contributed by atoms with E-state index >= 15 is 0 Å². The van der Waals surface area contributed by atoms with E-state index in [1.54, 1.807) is 25.1 Å². The largest absolute Gasteiger partial charge is 0.451 e. The number of halogens is 1. The van der Waals surface area contributed by atoms with Gasteiger partial charge in [-0.2, -0.15) is 0 Å². The molecule has 0 aliphatic heterocycles. The normalized spacial score (nSPS) is 11.6. The number of benzene rings is 1. The SMILES string of the molecule is Cc1c(Cl)cccc1NC(=O)[C@H](C)OC(=O)Cn1ccc(=O)[nH]c1=O. The number of anilines is 1. The molecule has 0 aliphatic rings. The molecular weight excluding hydrogens is 350 g/mol. The van der Waals surface area contributed by atoms with E-state index in [9.17, 15) is 19.2 Å². The first kappa shape index (κ1) is 18.5. The second-order valence-corrected chi connectivity index (χ2v) is 5.68. The third kappa shape index (κ3) is 4.80. The second-order valence-electron chi connectivity index (χ2n) is 5.27. The summed E-state index contributed by atoms with van der Waals surface area (Å²) in [4.78, 5) is 48.5. The standard InChI is InChI=1S/C16H16ClN3O5/c1-9-11(17)4-3-5-12(9)18-15(23)10(2)25-14(22)8-20-7-6-13(21)19-16(20)24/h3-7,10H,8H2,1-2H3,(H,18,23)(H,19,21,24)/t10-/m0/s1. The summed E-state index contributed by atoms with van der Waals surface area (Å²) in [5.41, 5.74) is -0.108. The van der Waals surface area contributed by atoms with Crippen molar-refractivity contribution in [1.82, 2.24) is 9.55 Å². The summed E-state index contributed by atoms with van der Waals surface area (Å²) in [5.74, 6) is -1.33. The lowest BCUT2D eigenvalue weighted by Gasteiger charge is -2.15. The minimum atomic E-state index is -1.08. The Morgan fingerprint density at radius 1 is 1.32 bits per heavy atom. The van der Waals surface area contributed by atoms with Gasteiger partial charge in [0.2, 0.25) is 0 Å². The minimum absolute atomic E-state index is 0.427. The number of amides is 1. The number of hydrogen-bond donors (Lipinski definition) is 2.